The molecule has 57 heavy (non-hydrogen) atoms. The van der Waals surface area contributed by atoms with Gasteiger partial charge in [0.2, 0.25) is 0 Å². The van der Waals surface area contributed by atoms with Crippen LogP contribution in [0.3, 0.4) is 0 Å². The molecule has 1 saturated carbocycles. The van der Waals surface area contributed by atoms with Crippen LogP contribution in [0.25, 0.3) is 0 Å². The van der Waals surface area contributed by atoms with Crippen molar-refractivity contribution in [1.29, 1.82) is 0 Å². The number of nitrogens with zero attached hydrogens (tertiary/aromatic N) is 1. The quantitative estimate of drug-likeness (QED) is 0.0651. The molecule has 24 heteroatoms. The molecule has 1 fully saturated rings. The SMILES string of the molecule is C=C(C)C(=O)OCCC(F)(F)C(F)(F)C(F)(F)C(F)(F)C(F)(F)C(F)(F)C(F)(F)C(F)(F)F.CC(C)(C)C1(C(=O)O)CC2C=CC1C2.CCCN1C(=O)C=CC1=O. The fourth-order valence-corrected chi connectivity index (χ4v) is 5.91. The Morgan fingerprint density at radius 3 is 1.49 bits per heavy atom. The van der Waals surface area contributed by atoms with E-state index in [2.05, 4.69) is 44.2 Å². The fraction of sp³-hybridized carbons (Fsp3) is 0.697. The number of carboxylic acids is 1. The summed E-state index contributed by atoms with van der Waals surface area (Å²) in [6.07, 6.45) is -1.03. The number of aliphatic carboxylic acids is 1. The highest BCUT2D eigenvalue weighted by molar-refractivity contribution is 6.12. The summed E-state index contributed by atoms with van der Waals surface area (Å²) >= 11 is 0. The zero-order valence-electron chi connectivity index (χ0n) is 30.3. The van der Waals surface area contributed by atoms with Gasteiger partial charge in [0.15, 0.2) is 0 Å². The summed E-state index contributed by atoms with van der Waals surface area (Å²) in [6, 6.07) is 0. The van der Waals surface area contributed by atoms with E-state index in [9.17, 15) is 98.9 Å². The predicted octanol–water partition coefficient (Wildman–Crippen LogP) is 9.53. The van der Waals surface area contributed by atoms with Gasteiger partial charge in [-0.05, 0) is 43.4 Å². The number of halogens is 17. The average molecular weight is 866 g/mol. The van der Waals surface area contributed by atoms with E-state index in [1.807, 2.05) is 6.92 Å². The number of hydrogen-bond donors (Lipinski definition) is 1. The second kappa shape index (κ2) is 16.4. The van der Waals surface area contributed by atoms with Crippen molar-refractivity contribution in [3.8, 4) is 0 Å². The van der Waals surface area contributed by atoms with E-state index in [0.29, 0.717) is 12.5 Å². The molecule has 0 saturated heterocycles. The van der Waals surface area contributed by atoms with Gasteiger partial charge in [-0.2, -0.15) is 74.6 Å². The Balaban J connectivity index is 0.000000540. The molecule has 1 heterocycles. The number of imide groups is 1. The molecular formula is C33H36F17NO6. The van der Waals surface area contributed by atoms with Crippen molar-refractivity contribution < 1.29 is 104 Å². The monoisotopic (exact) mass is 865 g/mol. The smallest absolute Gasteiger partial charge is 0.460 e. The van der Waals surface area contributed by atoms with Gasteiger partial charge in [0, 0.05) is 24.3 Å². The zero-order chi connectivity index (χ0) is 45.4. The Bertz CT molecular complexity index is 1580. The van der Waals surface area contributed by atoms with Crippen molar-refractivity contribution in [2.24, 2.45) is 22.7 Å². The summed E-state index contributed by atoms with van der Waals surface area (Å²) < 4.78 is 225. The lowest BCUT2D eigenvalue weighted by Crippen LogP contribution is -2.74. The van der Waals surface area contributed by atoms with Crippen molar-refractivity contribution in [3.05, 3.63) is 36.5 Å². The van der Waals surface area contributed by atoms with E-state index in [1.54, 1.807) is 0 Å². The van der Waals surface area contributed by atoms with Gasteiger partial charge in [-0.25, -0.2) is 4.79 Å². The van der Waals surface area contributed by atoms with Crippen LogP contribution in [0.15, 0.2) is 36.5 Å². The van der Waals surface area contributed by atoms with Crippen LogP contribution in [0.4, 0.5) is 74.6 Å². The first-order valence-electron chi connectivity index (χ1n) is 16.2. The summed E-state index contributed by atoms with van der Waals surface area (Å²) in [5, 5.41) is 9.49. The van der Waals surface area contributed by atoms with Crippen molar-refractivity contribution in [3.63, 3.8) is 0 Å². The summed E-state index contributed by atoms with van der Waals surface area (Å²) in [7, 11) is 0. The highest BCUT2D eigenvalue weighted by Crippen LogP contribution is 2.64. The molecule has 2 bridgehead atoms. The minimum atomic E-state index is -8.67. The number of fused-ring (bicyclic) bond motifs is 2. The number of esters is 1. The molecule has 0 spiro atoms. The van der Waals surface area contributed by atoms with Crippen LogP contribution in [0, 0.1) is 22.7 Å². The lowest BCUT2D eigenvalue weighted by Gasteiger charge is -2.42. The lowest BCUT2D eigenvalue weighted by atomic mass is 9.60. The van der Waals surface area contributed by atoms with Crippen LogP contribution < -0.4 is 0 Å². The molecule has 0 aromatic carbocycles. The topological polar surface area (TPSA) is 101 Å². The number of allylic oxidation sites excluding steroid dienone is 2. The molecule has 3 unspecified atom stereocenters. The third-order valence-corrected chi connectivity index (χ3v) is 9.24. The van der Waals surface area contributed by atoms with Crippen molar-refractivity contribution >= 4 is 23.8 Å². The molecular weight excluding hydrogens is 829 g/mol. The van der Waals surface area contributed by atoms with Crippen molar-refractivity contribution in [2.75, 3.05) is 13.2 Å². The maximum Gasteiger partial charge on any atom is 0.460 e. The van der Waals surface area contributed by atoms with Gasteiger partial charge >= 0.3 is 59.6 Å². The molecule has 2 aliphatic carbocycles. The van der Waals surface area contributed by atoms with Crippen LogP contribution in [0.1, 0.15) is 60.3 Å². The Kier molecular flexibility index (Phi) is 14.7. The van der Waals surface area contributed by atoms with Gasteiger partial charge in [0.1, 0.15) is 0 Å². The van der Waals surface area contributed by atoms with E-state index in [1.165, 1.54) is 17.1 Å². The zero-order valence-corrected chi connectivity index (χ0v) is 30.3. The van der Waals surface area contributed by atoms with E-state index in [0.717, 1.165) is 26.2 Å². The Hall–Kier alpha value is -3.89. The van der Waals surface area contributed by atoms with Gasteiger partial charge in [0.05, 0.1) is 18.4 Å². The molecule has 0 radical (unpaired) electrons. The van der Waals surface area contributed by atoms with Crippen LogP contribution in [0.2, 0.25) is 0 Å². The lowest BCUT2D eigenvalue weighted by molar-refractivity contribution is -0.461. The molecule has 0 aromatic heterocycles. The molecule has 3 aliphatic rings. The molecule has 1 aliphatic heterocycles. The molecule has 3 rings (SSSR count). The Labute approximate surface area is 312 Å². The van der Waals surface area contributed by atoms with Gasteiger partial charge in [-0.1, -0.05) is 46.4 Å². The van der Waals surface area contributed by atoms with Gasteiger partial charge in [-0.15, -0.1) is 0 Å². The molecule has 2 amide bonds. The third kappa shape index (κ3) is 8.92. The summed E-state index contributed by atoms with van der Waals surface area (Å²) in [5.74, 6) is -58.6. The molecule has 328 valence electrons. The number of rotatable bonds is 13. The number of carbonyl (C=O) groups excluding carboxylic acids is 3. The van der Waals surface area contributed by atoms with Crippen LogP contribution in [-0.2, 0) is 23.9 Å². The molecule has 3 atom stereocenters. The minimum Gasteiger partial charge on any atom is -0.481 e. The highest BCUT2D eigenvalue weighted by atomic mass is 19.4. The average Bonchev–Trinajstić information content (AvgIpc) is 3.76. The first kappa shape index (κ1) is 51.1. The van der Waals surface area contributed by atoms with E-state index in [4.69, 9.17) is 0 Å². The molecule has 1 N–H and O–H groups in total. The maximum absolute atomic E-state index is 13.5. The summed E-state index contributed by atoms with van der Waals surface area (Å²) in [4.78, 5) is 45.2. The summed E-state index contributed by atoms with van der Waals surface area (Å²) in [5.41, 5.74) is -1.26. The van der Waals surface area contributed by atoms with Gasteiger partial charge < -0.3 is 9.84 Å². The van der Waals surface area contributed by atoms with Crippen molar-refractivity contribution in [1.82, 2.24) is 4.90 Å². The van der Waals surface area contributed by atoms with Crippen LogP contribution >= 0.6 is 0 Å². The minimum absolute atomic E-state index is 0.150. The number of carboxylic acid groups (broad SMARTS) is 1. The summed E-state index contributed by atoms with van der Waals surface area (Å²) in [6.45, 7) is 10.3. The number of alkyl halides is 17. The van der Waals surface area contributed by atoms with Crippen molar-refractivity contribution in [2.45, 2.75) is 108 Å². The number of hydrogen-bond acceptors (Lipinski definition) is 5. The van der Waals surface area contributed by atoms with Gasteiger partial charge in [-0.3, -0.25) is 19.3 Å². The van der Waals surface area contributed by atoms with E-state index in [-0.39, 0.29) is 23.1 Å². The normalized spacial score (nSPS) is 21.9. The third-order valence-electron chi connectivity index (χ3n) is 9.24. The number of carbonyl (C=O) groups is 4. The van der Waals surface area contributed by atoms with E-state index < -0.39 is 83.6 Å². The van der Waals surface area contributed by atoms with Gasteiger partial charge in [0.25, 0.3) is 11.8 Å². The number of ether oxygens (including phenoxy) is 1. The fourth-order valence-electron chi connectivity index (χ4n) is 5.91. The second-order valence-electron chi connectivity index (χ2n) is 14.2. The number of amides is 2. The largest absolute Gasteiger partial charge is 0.481 e. The molecule has 0 aromatic rings. The van der Waals surface area contributed by atoms with Crippen LogP contribution in [-0.4, -0.2) is 94.5 Å². The Morgan fingerprint density at radius 1 is 0.772 bits per heavy atom. The van der Waals surface area contributed by atoms with Crippen LogP contribution in [0.5, 0.6) is 0 Å². The maximum atomic E-state index is 13.5. The molecule has 7 nitrogen and oxygen atoms in total. The first-order valence-corrected chi connectivity index (χ1v) is 16.2. The highest BCUT2D eigenvalue weighted by Gasteiger charge is 2.95. The predicted molar refractivity (Wildman–Crippen MR) is 162 cm³/mol. The second-order valence-corrected chi connectivity index (χ2v) is 14.2. The first-order chi connectivity index (χ1) is 25.2. The standard InChI is InChI=1S/C14H9F17O2.C12H18O2.C7H9NO2/c1-5(2)6(32)33-4-3-7(15,16)8(17,18)9(19,20)10(21,22)11(23,24)12(25,26)13(27,28)14(29,30)31;1-11(2,3)12(10(13)14)7-8-4-5-9(12)6-8;1-2-5-8-6(9)3-4-7(8)10/h1,3-4H2,2H3;4-5,8-9H,6-7H2,1-3H3,(H,13,14);3-4H,2,5H2,1H3. The Morgan fingerprint density at radius 2 is 1.19 bits per heavy atom. The van der Waals surface area contributed by atoms with E-state index >= 15 is 0 Å².